The first-order valence-corrected chi connectivity index (χ1v) is 5.32. The van der Waals surface area contributed by atoms with Crippen molar-refractivity contribution in [3.05, 3.63) is 28.8 Å². The molecule has 0 aromatic heterocycles. The van der Waals surface area contributed by atoms with Gasteiger partial charge >= 0.3 is 0 Å². The molecule has 0 N–H and O–H groups in total. The van der Waals surface area contributed by atoms with Gasteiger partial charge in [-0.05, 0) is 17.7 Å². The van der Waals surface area contributed by atoms with E-state index < -0.39 is 0 Å². The van der Waals surface area contributed by atoms with Crippen LogP contribution >= 0.6 is 11.6 Å². The fourth-order valence-electron chi connectivity index (χ4n) is 1.91. The van der Waals surface area contributed by atoms with E-state index in [2.05, 4.69) is 0 Å². The molecule has 1 amide bonds. The third-order valence-corrected chi connectivity index (χ3v) is 3.00. The van der Waals surface area contributed by atoms with E-state index in [0.29, 0.717) is 18.0 Å². The minimum absolute atomic E-state index is 0.141. The predicted molar refractivity (Wildman–Crippen MR) is 57.2 cm³/mol. The Kier molecular flexibility index (Phi) is 1.97. The molecule has 0 bridgehead atoms. The van der Waals surface area contributed by atoms with Gasteiger partial charge in [-0.25, -0.2) is 0 Å². The number of halogens is 1. The van der Waals surface area contributed by atoms with Crippen LogP contribution in [0.15, 0.2) is 18.2 Å². The molecular weight excluding hydrogens is 214 g/mol. The number of nitrogens with zero attached hydrogens (tertiary/aromatic N) is 1. The molecule has 15 heavy (non-hydrogen) atoms. The summed E-state index contributed by atoms with van der Waals surface area (Å²) in [5, 5.41) is 0.671. The second kappa shape index (κ2) is 3.22. The molecule has 1 atom stereocenters. The van der Waals surface area contributed by atoms with E-state index in [4.69, 9.17) is 16.3 Å². The van der Waals surface area contributed by atoms with Gasteiger partial charge in [0, 0.05) is 10.7 Å². The minimum Gasteiger partial charge on any atom is -0.371 e. The van der Waals surface area contributed by atoms with Crippen LogP contribution in [0.4, 0.5) is 5.69 Å². The molecule has 4 heteroatoms. The van der Waals surface area contributed by atoms with Crippen LogP contribution in [0.25, 0.3) is 0 Å². The molecule has 1 saturated heterocycles. The maximum Gasteiger partial charge on any atom is 0.231 e. The molecule has 2 heterocycles. The summed E-state index contributed by atoms with van der Waals surface area (Å²) in [4.78, 5) is 13.5. The van der Waals surface area contributed by atoms with Crippen LogP contribution in [0.2, 0.25) is 5.02 Å². The summed E-state index contributed by atoms with van der Waals surface area (Å²) in [6.45, 7) is 1.42. The summed E-state index contributed by atoms with van der Waals surface area (Å²) in [7, 11) is 0. The number of carbonyl (C=O) groups is 1. The highest BCUT2D eigenvalue weighted by molar-refractivity contribution is 6.31. The summed E-state index contributed by atoms with van der Waals surface area (Å²) in [5.74, 6) is 0.141. The molecule has 1 aromatic rings. The van der Waals surface area contributed by atoms with Gasteiger partial charge in [0.2, 0.25) is 5.91 Å². The molecule has 3 nitrogen and oxygen atoms in total. The zero-order valence-corrected chi connectivity index (χ0v) is 8.83. The Bertz CT molecular complexity index is 429. The first kappa shape index (κ1) is 9.19. The Balaban J connectivity index is 1.95. The largest absolute Gasteiger partial charge is 0.371 e. The second-order valence-corrected chi connectivity index (χ2v) is 4.35. The lowest BCUT2D eigenvalue weighted by molar-refractivity contribution is -0.117. The van der Waals surface area contributed by atoms with Crippen molar-refractivity contribution >= 4 is 23.2 Å². The Labute approximate surface area is 92.6 Å². The number of benzene rings is 1. The molecule has 78 valence electrons. The Morgan fingerprint density at radius 2 is 2.33 bits per heavy atom. The van der Waals surface area contributed by atoms with E-state index in [1.165, 1.54) is 0 Å². The topological polar surface area (TPSA) is 32.8 Å². The molecule has 1 aromatic carbocycles. The van der Waals surface area contributed by atoms with Crippen molar-refractivity contribution in [2.75, 3.05) is 18.1 Å². The van der Waals surface area contributed by atoms with Crippen LogP contribution in [-0.4, -0.2) is 25.2 Å². The van der Waals surface area contributed by atoms with Crippen molar-refractivity contribution in [1.82, 2.24) is 0 Å². The number of rotatable bonds is 2. The first-order chi connectivity index (χ1) is 7.24. The van der Waals surface area contributed by atoms with E-state index in [9.17, 15) is 4.79 Å². The SMILES string of the molecule is O=C1Cc2ccc(Cl)cc2N1CC1CO1. The van der Waals surface area contributed by atoms with Crippen LogP contribution in [0, 0.1) is 0 Å². The number of carbonyl (C=O) groups excluding carboxylic acids is 1. The maximum absolute atomic E-state index is 11.7. The summed E-state index contributed by atoms with van der Waals surface area (Å²) < 4.78 is 5.14. The number of hydrogen-bond donors (Lipinski definition) is 0. The number of epoxide rings is 1. The van der Waals surface area contributed by atoms with Crippen molar-refractivity contribution in [3.63, 3.8) is 0 Å². The molecule has 1 fully saturated rings. The molecule has 0 spiro atoms. The first-order valence-electron chi connectivity index (χ1n) is 4.94. The number of anilines is 1. The zero-order valence-electron chi connectivity index (χ0n) is 8.07. The maximum atomic E-state index is 11.7. The van der Waals surface area contributed by atoms with Gasteiger partial charge in [0.05, 0.1) is 25.7 Å². The number of ether oxygens (including phenoxy) is 1. The van der Waals surface area contributed by atoms with Gasteiger partial charge < -0.3 is 9.64 Å². The van der Waals surface area contributed by atoms with E-state index in [1.54, 1.807) is 4.90 Å². The van der Waals surface area contributed by atoms with E-state index in [0.717, 1.165) is 17.9 Å². The van der Waals surface area contributed by atoms with Crippen LogP contribution in [0.5, 0.6) is 0 Å². The predicted octanol–water partition coefficient (Wildman–Crippen LogP) is 1.63. The third kappa shape index (κ3) is 1.62. The second-order valence-electron chi connectivity index (χ2n) is 3.91. The van der Waals surface area contributed by atoms with E-state index >= 15 is 0 Å². The van der Waals surface area contributed by atoms with Crippen LogP contribution in [0.3, 0.4) is 0 Å². The van der Waals surface area contributed by atoms with Gasteiger partial charge in [-0.15, -0.1) is 0 Å². The molecule has 0 radical (unpaired) electrons. The highest BCUT2D eigenvalue weighted by Gasteiger charge is 2.33. The lowest BCUT2D eigenvalue weighted by Crippen LogP contribution is -2.30. The smallest absolute Gasteiger partial charge is 0.231 e. The minimum atomic E-state index is 0.141. The quantitative estimate of drug-likeness (QED) is 0.714. The van der Waals surface area contributed by atoms with Crippen molar-refractivity contribution in [2.45, 2.75) is 12.5 Å². The molecule has 0 aliphatic carbocycles. The Morgan fingerprint density at radius 3 is 3.07 bits per heavy atom. The van der Waals surface area contributed by atoms with Crippen LogP contribution < -0.4 is 4.90 Å². The number of fused-ring (bicyclic) bond motifs is 1. The van der Waals surface area contributed by atoms with Gasteiger partial charge in [0.25, 0.3) is 0 Å². The van der Waals surface area contributed by atoms with Crippen molar-refractivity contribution < 1.29 is 9.53 Å². The molecule has 3 rings (SSSR count). The van der Waals surface area contributed by atoms with Crippen molar-refractivity contribution in [2.24, 2.45) is 0 Å². The van der Waals surface area contributed by atoms with Gasteiger partial charge in [0.1, 0.15) is 0 Å². The van der Waals surface area contributed by atoms with E-state index in [-0.39, 0.29) is 12.0 Å². The highest BCUT2D eigenvalue weighted by atomic mass is 35.5. The molecule has 2 aliphatic heterocycles. The zero-order chi connectivity index (χ0) is 10.4. The van der Waals surface area contributed by atoms with Gasteiger partial charge in [-0.1, -0.05) is 17.7 Å². The summed E-state index contributed by atoms with van der Waals surface area (Å²) >= 11 is 5.92. The van der Waals surface area contributed by atoms with Crippen molar-refractivity contribution in [1.29, 1.82) is 0 Å². The highest BCUT2D eigenvalue weighted by Crippen LogP contribution is 2.32. The third-order valence-electron chi connectivity index (χ3n) is 2.77. The number of amides is 1. The summed E-state index contributed by atoms with van der Waals surface area (Å²) in [6.07, 6.45) is 0.707. The fraction of sp³-hybridized carbons (Fsp3) is 0.364. The van der Waals surface area contributed by atoms with Crippen LogP contribution in [-0.2, 0) is 16.0 Å². The monoisotopic (exact) mass is 223 g/mol. The Hall–Kier alpha value is -1.06. The van der Waals surface area contributed by atoms with Gasteiger partial charge in [-0.3, -0.25) is 4.79 Å². The Morgan fingerprint density at radius 1 is 1.53 bits per heavy atom. The van der Waals surface area contributed by atoms with Gasteiger partial charge in [0.15, 0.2) is 0 Å². The van der Waals surface area contributed by atoms with Crippen LogP contribution in [0.1, 0.15) is 5.56 Å². The van der Waals surface area contributed by atoms with Gasteiger partial charge in [-0.2, -0.15) is 0 Å². The van der Waals surface area contributed by atoms with Crippen molar-refractivity contribution in [3.8, 4) is 0 Å². The standard InChI is InChI=1S/C11H10ClNO2/c12-8-2-1-7-3-11(14)13(10(7)4-8)5-9-6-15-9/h1-2,4,9H,3,5-6H2. The summed E-state index contributed by atoms with van der Waals surface area (Å²) in [5.41, 5.74) is 2.01. The molecule has 2 aliphatic rings. The molecule has 1 unspecified atom stereocenters. The summed E-state index contributed by atoms with van der Waals surface area (Å²) in [6, 6.07) is 5.60. The normalized spacial score (nSPS) is 23.1. The average Bonchev–Trinajstić information content (AvgIpc) is 2.96. The lowest BCUT2D eigenvalue weighted by atomic mass is 10.2. The molecule has 0 saturated carbocycles. The molecular formula is C11H10ClNO2. The fourth-order valence-corrected chi connectivity index (χ4v) is 2.07. The number of hydrogen-bond acceptors (Lipinski definition) is 2. The lowest BCUT2D eigenvalue weighted by Gasteiger charge is -2.15. The average molecular weight is 224 g/mol. The van der Waals surface area contributed by atoms with E-state index in [1.807, 2.05) is 18.2 Å².